The molecule has 0 spiro atoms. The molecule has 1 aromatic heterocycles. The van der Waals surface area contributed by atoms with Crippen LogP contribution in [0, 0.1) is 6.92 Å². The first kappa shape index (κ1) is 12.6. The summed E-state index contributed by atoms with van der Waals surface area (Å²) in [6.07, 6.45) is 1.66. The maximum atomic E-state index is 12.0. The van der Waals surface area contributed by atoms with Gasteiger partial charge in [-0.3, -0.25) is 9.78 Å². The second kappa shape index (κ2) is 5.18. The van der Waals surface area contributed by atoms with Crippen molar-refractivity contribution in [3.63, 3.8) is 0 Å². The van der Waals surface area contributed by atoms with Crippen molar-refractivity contribution in [2.75, 3.05) is 5.32 Å². The van der Waals surface area contributed by atoms with Gasteiger partial charge in [-0.05, 0) is 53.2 Å². The fourth-order valence-corrected chi connectivity index (χ4v) is 1.71. The van der Waals surface area contributed by atoms with E-state index in [1.54, 1.807) is 30.5 Å². The minimum Gasteiger partial charge on any atom is -0.507 e. The first-order valence-electron chi connectivity index (χ1n) is 5.29. The van der Waals surface area contributed by atoms with Gasteiger partial charge in [0.2, 0.25) is 0 Å². The molecule has 0 aliphatic rings. The van der Waals surface area contributed by atoms with E-state index in [9.17, 15) is 9.90 Å². The van der Waals surface area contributed by atoms with Crippen LogP contribution in [0.4, 0.5) is 5.69 Å². The molecule has 2 N–H and O–H groups in total. The second-order valence-electron chi connectivity index (χ2n) is 3.76. The molecule has 0 saturated carbocycles. The number of amides is 1. The molecule has 92 valence electrons. The predicted octanol–water partition coefficient (Wildman–Crippen LogP) is 3.11. The highest BCUT2D eigenvalue weighted by atomic mass is 79.9. The summed E-state index contributed by atoms with van der Waals surface area (Å²) >= 11 is 3.17. The smallest absolute Gasteiger partial charge is 0.255 e. The van der Waals surface area contributed by atoms with Crippen LogP contribution < -0.4 is 5.32 Å². The zero-order chi connectivity index (χ0) is 13.1. The van der Waals surface area contributed by atoms with Crippen LogP contribution in [0.15, 0.2) is 41.0 Å². The van der Waals surface area contributed by atoms with Crippen LogP contribution in [-0.2, 0) is 0 Å². The van der Waals surface area contributed by atoms with E-state index in [2.05, 4.69) is 26.2 Å². The number of pyridine rings is 1. The van der Waals surface area contributed by atoms with Gasteiger partial charge in [0.15, 0.2) is 0 Å². The molecular formula is C13H11BrN2O2. The summed E-state index contributed by atoms with van der Waals surface area (Å²) in [5.74, 6) is -0.251. The Morgan fingerprint density at radius 1 is 1.39 bits per heavy atom. The largest absolute Gasteiger partial charge is 0.507 e. The Bertz CT molecular complexity index is 599. The Hall–Kier alpha value is -1.88. The van der Waals surface area contributed by atoms with Gasteiger partial charge in [-0.25, -0.2) is 0 Å². The van der Waals surface area contributed by atoms with Crippen molar-refractivity contribution >= 4 is 27.5 Å². The van der Waals surface area contributed by atoms with Crippen LogP contribution in [0.1, 0.15) is 16.1 Å². The Morgan fingerprint density at radius 2 is 2.17 bits per heavy atom. The monoisotopic (exact) mass is 306 g/mol. The molecule has 0 radical (unpaired) electrons. The van der Waals surface area contributed by atoms with E-state index in [-0.39, 0.29) is 11.7 Å². The number of carbonyl (C=O) groups excluding carboxylic acids is 1. The lowest BCUT2D eigenvalue weighted by Gasteiger charge is -2.07. The number of phenols is 1. The molecule has 1 amide bonds. The lowest BCUT2D eigenvalue weighted by molar-refractivity contribution is 0.102. The second-order valence-corrected chi connectivity index (χ2v) is 4.61. The molecule has 0 saturated heterocycles. The number of aromatic nitrogens is 1. The average molecular weight is 307 g/mol. The quantitative estimate of drug-likeness (QED) is 0.896. The van der Waals surface area contributed by atoms with E-state index >= 15 is 0 Å². The van der Waals surface area contributed by atoms with Crippen LogP contribution in [0.2, 0.25) is 0 Å². The average Bonchev–Trinajstić information content (AvgIpc) is 2.35. The maximum Gasteiger partial charge on any atom is 0.255 e. The van der Waals surface area contributed by atoms with Crippen molar-refractivity contribution in [1.29, 1.82) is 0 Å². The van der Waals surface area contributed by atoms with Crippen molar-refractivity contribution < 1.29 is 9.90 Å². The third-order valence-corrected chi connectivity index (χ3v) is 3.13. The van der Waals surface area contributed by atoms with E-state index in [1.165, 1.54) is 6.07 Å². The van der Waals surface area contributed by atoms with Crippen LogP contribution in [0.25, 0.3) is 0 Å². The van der Waals surface area contributed by atoms with Gasteiger partial charge < -0.3 is 10.4 Å². The maximum absolute atomic E-state index is 12.0. The summed E-state index contributed by atoms with van der Waals surface area (Å²) in [6, 6.07) is 8.19. The Morgan fingerprint density at radius 3 is 2.83 bits per heavy atom. The van der Waals surface area contributed by atoms with Crippen LogP contribution in [0.5, 0.6) is 5.75 Å². The topological polar surface area (TPSA) is 62.2 Å². The number of anilines is 1. The van der Waals surface area contributed by atoms with Gasteiger partial charge in [-0.2, -0.15) is 0 Å². The van der Waals surface area contributed by atoms with Gasteiger partial charge in [-0.15, -0.1) is 0 Å². The summed E-state index contributed by atoms with van der Waals surface area (Å²) < 4.78 is 0.552. The Kier molecular flexibility index (Phi) is 3.62. The molecule has 2 aromatic rings. The van der Waals surface area contributed by atoms with Gasteiger partial charge in [0.25, 0.3) is 5.91 Å². The van der Waals surface area contributed by atoms with Crippen LogP contribution >= 0.6 is 15.9 Å². The number of phenolic OH excluding ortho intramolecular Hbond substituents is 1. The summed E-state index contributed by atoms with van der Waals surface area (Å²) in [5, 5.41) is 12.3. The number of hydrogen-bond donors (Lipinski definition) is 2. The highest BCUT2D eigenvalue weighted by Gasteiger charge is 2.09. The first-order chi connectivity index (χ1) is 8.58. The molecule has 5 heteroatoms. The summed E-state index contributed by atoms with van der Waals surface area (Å²) in [6.45, 7) is 1.81. The highest BCUT2D eigenvalue weighted by molar-refractivity contribution is 9.10. The standard InChI is InChI=1S/C13H11BrN2O2/c1-8-11(3-2-6-15-8)16-13(18)9-4-5-10(14)12(17)7-9/h2-7,17H,1H3,(H,16,18). The number of hydrogen-bond acceptors (Lipinski definition) is 3. The third kappa shape index (κ3) is 2.68. The van der Waals surface area contributed by atoms with Crippen molar-refractivity contribution in [1.82, 2.24) is 4.98 Å². The Labute approximate surface area is 113 Å². The fourth-order valence-electron chi connectivity index (χ4n) is 1.46. The predicted molar refractivity (Wildman–Crippen MR) is 72.7 cm³/mol. The highest BCUT2D eigenvalue weighted by Crippen LogP contribution is 2.24. The fraction of sp³-hybridized carbons (Fsp3) is 0.0769. The summed E-state index contributed by atoms with van der Waals surface area (Å²) in [7, 11) is 0. The number of nitrogens with one attached hydrogen (secondary N) is 1. The van der Waals surface area contributed by atoms with E-state index in [4.69, 9.17) is 0 Å². The van der Waals surface area contributed by atoms with Crippen molar-refractivity contribution in [2.45, 2.75) is 6.92 Å². The molecule has 4 nitrogen and oxygen atoms in total. The SMILES string of the molecule is Cc1ncccc1NC(=O)c1ccc(Br)c(O)c1. The number of aromatic hydroxyl groups is 1. The third-order valence-electron chi connectivity index (χ3n) is 2.46. The van der Waals surface area contributed by atoms with E-state index in [0.717, 1.165) is 5.69 Å². The molecule has 18 heavy (non-hydrogen) atoms. The Balaban J connectivity index is 2.22. The van der Waals surface area contributed by atoms with Crippen molar-refractivity contribution in [3.05, 3.63) is 52.3 Å². The number of rotatable bonds is 2. The molecule has 2 rings (SSSR count). The first-order valence-corrected chi connectivity index (χ1v) is 6.08. The molecule has 0 bridgehead atoms. The molecular weight excluding hydrogens is 296 g/mol. The van der Waals surface area contributed by atoms with E-state index in [1.807, 2.05) is 6.92 Å². The zero-order valence-electron chi connectivity index (χ0n) is 9.64. The van der Waals surface area contributed by atoms with Crippen LogP contribution in [0.3, 0.4) is 0 Å². The van der Waals surface area contributed by atoms with Gasteiger partial charge in [0.1, 0.15) is 5.75 Å². The number of benzene rings is 1. The van der Waals surface area contributed by atoms with Gasteiger partial charge >= 0.3 is 0 Å². The zero-order valence-corrected chi connectivity index (χ0v) is 11.2. The molecule has 0 aliphatic carbocycles. The minimum absolute atomic E-state index is 0.0329. The number of nitrogens with zero attached hydrogens (tertiary/aromatic N) is 1. The number of aryl methyl sites for hydroxylation is 1. The molecule has 1 aromatic carbocycles. The van der Waals surface area contributed by atoms with Crippen molar-refractivity contribution in [3.8, 4) is 5.75 Å². The summed E-state index contributed by atoms with van der Waals surface area (Å²) in [4.78, 5) is 16.1. The molecule has 0 aliphatic heterocycles. The number of carbonyl (C=O) groups is 1. The molecule has 0 fully saturated rings. The lowest BCUT2D eigenvalue weighted by atomic mass is 10.2. The number of halogens is 1. The van der Waals surface area contributed by atoms with E-state index in [0.29, 0.717) is 15.7 Å². The van der Waals surface area contributed by atoms with Crippen LogP contribution in [-0.4, -0.2) is 16.0 Å². The molecule has 0 atom stereocenters. The van der Waals surface area contributed by atoms with E-state index < -0.39 is 0 Å². The lowest BCUT2D eigenvalue weighted by Crippen LogP contribution is -2.12. The normalized spacial score (nSPS) is 10.1. The van der Waals surface area contributed by atoms with Gasteiger partial charge in [-0.1, -0.05) is 0 Å². The minimum atomic E-state index is -0.283. The van der Waals surface area contributed by atoms with Crippen molar-refractivity contribution in [2.24, 2.45) is 0 Å². The van der Waals surface area contributed by atoms with Gasteiger partial charge in [0, 0.05) is 11.8 Å². The molecule has 0 unspecified atom stereocenters. The molecule has 1 heterocycles. The van der Waals surface area contributed by atoms with Gasteiger partial charge in [0.05, 0.1) is 15.9 Å². The summed E-state index contributed by atoms with van der Waals surface area (Å²) in [5.41, 5.74) is 1.79.